The minimum atomic E-state index is -0.523. The van der Waals surface area contributed by atoms with Gasteiger partial charge in [-0.05, 0) is 55.6 Å². The molecule has 3 heterocycles. The van der Waals surface area contributed by atoms with Gasteiger partial charge in [0.2, 0.25) is 11.8 Å². The molecule has 2 atom stereocenters. The smallest absolute Gasteiger partial charge is 0.340 e. The molecule has 2 amide bonds. The predicted octanol–water partition coefficient (Wildman–Crippen LogP) is 2.20. The van der Waals surface area contributed by atoms with Gasteiger partial charge < -0.3 is 20.3 Å². The lowest BCUT2D eigenvalue weighted by atomic mass is 9.84. The van der Waals surface area contributed by atoms with Crippen LogP contribution in [0.2, 0.25) is 0 Å². The Hall–Kier alpha value is -1.64. The lowest BCUT2D eigenvalue weighted by molar-refractivity contribution is -0.127. The van der Waals surface area contributed by atoms with Crippen LogP contribution in [0.1, 0.15) is 43.0 Å². The lowest BCUT2D eigenvalue weighted by Crippen LogP contribution is -2.42. The van der Waals surface area contributed by atoms with E-state index in [1.54, 1.807) is 16.3 Å². The molecule has 2 aliphatic rings. The number of nitrogens with zero attached hydrogens (tertiary/aromatic N) is 1. The second-order valence-electron chi connectivity index (χ2n) is 7.30. The van der Waals surface area contributed by atoms with Crippen LogP contribution in [0.3, 0.4) is 0 Å². The zero-order chi connectivity index (χ0) is 19.4. The molecule has 2 N–H and O–H groups in total. The van der Waals surface area contributed by atoms with Gasteiger partial charge in [0.15, 0.2) is 0 Å². The molecule has 156 valence electrons. The average molecular weight is 430 g/mol. The highest BCUT2D eigenvalue weighted by atomic mass is 35.5. The number of hydrogen-bond acceptors (Lipinski definition) is 6. The Balaban J connectivity index is 0.00000280. The maximum atomic E-state index is 12.7. The van der Waals surface area contributed by atoms with E-state index in [9.17, 15) is 14.4 Å². The molecule has 2 saturated heterocycles. The zero-order valence-corrected chi connectivity index (χ0v) is 17.9. The normalized spacial score (nSPS) is 21.1. The molecule has 2 aliphatic heterocycles. The summed E-state index contributed by atoms with van der Waals surface area (Å²) < 4.78 is 4.78. The van der Waals surface area contributed by atoms with E-state index in [-0.39, 0.29) is 24.2 Å². The van der Waals surface area contributed by atoms with Crippen molar-refractivity contribution in [2.45, 2.75) is 38.6 Å². The van der Waals surface area contributed by atoms with Crippen molar-refractivity contribution >= 4 is 46.5 Å². The van der Waals surface area contributed by atoms with E-state index >= 15 is 0 Å². The third kappa shape index (κ3) is 5.04. The quantitative estimate of drug-likeness (QED) is 0.677. The number of thiophene rings is 1. The molecule has 0 aliphatic carbocycles. The number of nitrogens with one attached hydrogen (secondary N) is 2. The average Bonchev–Trinajstić information content (AvgIpc) is 3.29. The molecular weight excluding hydrogens is 402 g/mol. The second kappa shape index (κ2) is 10.2. The van der Waals surface area contributed by atoms with Crippen molar-refractivity contribution in [1.29, 1.82) is 0 Å². The number of methoxy groups -OCH3 is 1. The van der Waals surface area contributed by atoms with Crippen LogP contribution in [-0.2, 0) is 14.3 Å². The van der Waals surface area contributed by atoms with Gasteiger partial charge in [-0.2, -0.15) is 0 Å². The fourth-order valence-corrected chi connectivity index (χ4v) is 4.84. The van der Waals surface area contributed by atoms with Crippen LogP contribution in [0.5, 0.6) is 0 Å². The van der Waals surface area contributed by atoms with E-state index in [1.807, 2.05) is 0 Å². The first-order valence-corrected chi connectivity index (χ1v) is 10.4. The standard InChI is InChI=1S/C19H27N3O4S.ClH/c1-12(13-3-7-20-8-4-13)11-16(23)21-15-5-9-22(17(15)24)18-14(6-10-27-18)19(25)26-2;/h6,10,12-13,15,20H,3-5,7-9,11H2,1-2H3,(H,21,23);1H. The third-order valence-corrected chi connectivity index (χ3v) is 6.47. The van der Waals surface area contributed by atoms with Gasteiger partial charge in [0.05, 0.1) is 12.7 Å². The molecule has 2 unspecified atom stereocenters. The summed E-state index contributed by atoms with van der Waals surface area (Å²) >= 11 is 1.33. The molecule has 3 rings (SSSR count). The summed E-state index contributed by atoms with van der Waals surface area (Å²) in [5.41, 5.74) is 0.391. The highest BCUT2D eigenvalue weighted by molar-refractivity contribution is 7.14. The van der Waals surface area contributed by atoms with E-state index in [0.717, 1.165) is 25.9 Å². The van der Waals surface area contributed by atoms with Gasteiger partial charge in [-0.25, -0.2) is 4.79 Å². The number of piperidine rings is 1. The van der Waals surface area contributed by atoms with E-state index in [1.165, 1.54) is 18.4 Å². The molecule has 7 nitrogen and oxygen atoms in total. The lowest BCUT2D eigenvalue weighted by Gasteiger charge is -2.28. The van der Waals surface area contributed by atoms with Crippen molar-refractivity contribution in [3.8, 4) is 0 Å². The number of esters is 1. The predicted molar refractivity (Wildman–Crippen MR) is 111 cm³/mol. The van der Waals surface area contributed by atoms with Crippen molar-refractivity contribution in [2.24, 2.45) is 11.8 Å². The van der Waals surface area contributed by atoms with Gasteiger partial charge in [0.1, 0.15) is 11.0 Å². The molecular formula is C19H28ClN3O4S. The molecule has 0 radical (unpaired) electrons. The van der Waals surface area contributed by atoms with Crippen molar-refractivity contribution in [3.63, 3.8) is 0 Å². The highest BCUT2D eigenvalue weighted by Crippen LogP contribution is 2.32. The van der Waals surface area contributed by atoms with Crippen LogP contribution in [0.15, 0.2) is 11.4 Å². The Bertz CT molecular complexity index is 705. The fraction of sp³-hybridized carbons (Fsp3) is 0.632. The molecule has 0 bridgehead atoms. The van der Waals surface area contributed by atoms with Crippen LogP contribution in [0, 0.1) is 11.8 Å². The molecule has 0 saturated carbocycles. The Morgan fingerprint density at radius 2 is 2.07 bits per heavy atom. The molecule has 2 fully saturated rings. The Morgan fingerprint density at radius 1 is 1.36 bits per heavy atom. The number of halogens is 1. The number of rotatable bonds is 6. The Morgan fingerprint density at radius 3 is 2.75 bits per heavy atom. The van der Waals surface area contributed by atoms with Crippen molar-refractivity contribution in [1.82, 2.24) is 10.6 Å². The van der Waals surface area contributed by atoms with E-state index in [2.05, 4.69) is 17.6 Å². The summed E-state index contributed by atoms with van der Waals surface area (Å²) in [4.78, 5) is 38.6. The van der Waals surface area contributed by atoms with Gasteiger partial charge in [-0.3, -0.25) is 9.59 Å². The molecule has 0 spiro atoms. The number of carbonyl (C=O) groups is 3. The van der Waals surface area contributed by atoms with Crippen LogP contribution < -0.4 is 15.5 Å². The van der Waals surface area contributed by atoms with Gasteiger partial charge in [0.25, 0.3) is 0 Å². The van der Waals surface area contributed by atoms with Crippen LogP contribution in [0.25, 0.3) is 0 Å². The summed E-state index contributed by atoms with van der Waals surface area (Å²) in [6.45, 7) is 4.62. The molecule has 0 aromatic carbocycles. The largest absolute Gasteiger partial charge is 0.465 e. The second-order valence-corrected chi connectivity index (χ2v) is 8.19. The minimum absolute atomic E-state index is 0. The number of carbonyl (C=O) groups excluding carboxylic acids is 3. The summed E-state index contributed by atoms with van der Waals surface area (Å²) in [7, 11) is 1.32. The third-order valence-electron chi connectivity index (χ3n) is 5.53. The number of ether oxygens (including phenoxy) is 1. The van der Waals surface area contributed by atoms with Gasteiger partial charge in [-0.1, -0.05) is 6.92 Å². The zero-order valence-electron chi connectivity index (χ0n) is 16.2. The van der Waals surface area contributed by atoms with E-state index < -0.39 is 12.0 Å². The van der Waals surface area contributed by atoms with Gasteiger partial charge in [-0.15, -0.1) is 23.7 Å². The van der Waals surface area contributed by atoms with E-state index in [0.29, 0.717) is 41.8 Å². The molecule has 1 aromatic rings. The van der Waals surface area contributed by atoms with Crippen LogP contribution in [-0.4, -0.2) is 50.6 Å². The van der Waals surface area contributed by atoms with Crippen LogP contribution in [0.4, 0.5) is 5.00 Å². The minimum Gasteiger partial charge on any atom is -0.465 e. The number of anilines is 1. The van der Waals surface area contributed by atoms with Crippen molar-refractivity contribution in [2.75, 3.05) is 31.6 Å². The van der Waals surface area contributed by atoms with Gasteiger partial charge in [0, 0.05) is 13.0 Å². The number of amides is 2. The first-order chi connectivity index (χ1) is 13.0. The molecule has 1 aromatic heterocycles. The Labute approximate surface area is 175 Å². The van der Waals surface area contributed by atoms with Crippen molar-refractivity contribution < 1.29 is 19.1 Å². The molecule has 28 heavy (non-hydrogen) atoms. The van der Waals surface area contributed by atoms with Crippen LogP contribution >= 0.6 is 23.7 Å². The number of hydrogen-bond donors (Lipinski definition) is 2. The maximum Gasteiger partial charge on any atom is 0.340 e. The molecule has 9 heteroatoms. The SMILES string of the molecule is COC(=O)c1ccsc1N1CCC(NC(=O)CC(C)C2CCNCC2)C1=O.Cl. The van der Waals surface area contributed by atoms with Crippen molar-refractivity contribution in [3.05, 3.63) is 17.0 Å². The topological polar surface area (TPSA) is 87.7 Å². The first kappa shape index (κ1) is 22.6. The van der Waals surface area contributed by atoms with Gasteiger partial charge >= 0.3 is 5.97 Å². The Kier molecular flexibility index (Phi) is 8.27. The first-order valence-electron chi connectivity index (χ1n) is 9.48. The summed E-state index contributed by atoms with van der Waals surface area (Å²) in [6, 6.07) is 1.14. The summed E-state index contributed by atoms with van der Waals surface area (Å²) in [5.74, 6) is 0.179. The van der Waals surface area contributed by atoms with E-state index in [4.69, 9.17) is 4.74 Å². The maximum absolute atomic E-state index is 12.7. The summed E-state index contributed by atoms with van der Waals surface area (Å²) in [6.07, 6.45) is 3.18. The monoisotopic (exact) mass is 429 g/mol. The summed E-state index contributed by atoms with van der Waals surface area (Å²) in [5, 5.41) is 8.59. The fourth-order valence-electron chi connectivity index (χ4n) is 3.92. The highest BCUT2D eigenvalue weighted by Gasteiger charge is 2.36.